The predicted octanol–water partition coefficient (Wildman–Crippen LogP) is 4.03. The second-order valence-electron chi connectivity index (χ2n) is 8.61. The van der Waals surface area contributed by atoms with Crippen LogP contribution in [0.5, 0.6) is 0 Å². The lowest BCUT2D eigenvalue weighted by molar-refractivity contribution is 0.0609. The molecule has 1 atom stereocenters. The predicted molar refractivity (Wildman–Crippen MR) is 133 cm³/mol. The standard InChI is InChI=1S/C26H24N6O4/c1-15(2)32-25(34)18-9-8-17(10-19(18)26(32)35)29-23-11-21(20(12-27-23)24-31-28-14-36-24)30-22(13-33)16-6-4-3-5-7-16/h3-12,14-15,22,33H,13H2,1-2H3,(H2,27,29,30)/t22-/m1/s1. The fourth-order valence-electron chi connectivity index (χ4n) is 4.17. The number of carbonyl (C=O) groups excluding carboxylic acids is 2. The lowest BCUT2D eigenvalue weighted by atomic mass is 10.1. The first kappa shape index (κ1) is 23.2. The fourth-order valence-corrected chi connectivity index (χ4v) is 4.17. The number of nitrogens with one attached hydrogen (secondary N) is 2. The summed E-state index contributed by atoms with van der Waals surface area (Å²) in [5, 5.41) is 24.3. The molecule has 0 spiro atoms. The Morgan fingerprint density at radius 1 is 1.00 bits per heavy atom. The molecule has 0 unspecified atom stereocenters. The first-order valence-corrected chi connectivity index (χ1v) is 11.4. The average molecular weight is 485 g/mol. The highest BCUT2D eigenvalue weighted by Gasteiger charge is 2.37. The maximum atomic E-state index is 12.8. The van der Waals surface area contributed by atoms with Crippen LogP contribution in [-0.2, 0) is 0 Å². The van der Waals surface area contributed by atoms with Crippen LogP contribution in [0.2, 0.25) is 0 Å². The van der Waals surface area contributed by atoms with Crippen LogP contribution >= 0.6 is 0 Å². The van der Waals surface area contributed by atoms with Crippen molar-refractivity contribution in [3.8, 4) is 11.5 Å². The Morgan fingerprint density at radius 3 is 2.47 bits per heavy atom. The van der Waals surface area contributed by atoms with Crippen LogP contribution in [0.4, 0.5) is 17.2 Å². The van der Waals surface area contributed by atoms with Gasteiger partial charge in [-0.3, -0.25) is 14.5 Å². The lowest BCUT2D eigenvalue weighted by Gasteiger charge is -2.20. The Balaban J connectivity index is 1.46. The molecule has 0 saturated carbocycles. The minimum atomic E-state index is -0.395. The third-order valence-corrected chi connectivity index (χ3v) is 5.92. The molecule has 0 radical (unpaired) electrons. The number of imide groups is 1. The van der Waals surface area contributed by atoms with E-state index in [2.05, 4.69) is 25.8 Å². The van der Waals surface area contributed by atoms with Gasteiger partial charge in [-0.15, -0.1) is 10.2 Å². The molecular formula is C26H24N6O4. The van der Waals surface area contributed by atoms with Gasteiger partial charge in [0.05, 0.1) is 35.0 Å². The van der Waals surface area contributed by atoms with Gasteiger partial charge < -0.3 is 20.2 Å². The second-order valence-corrected chi connectivity index (χ2v) is 8.61. The third kappa shape index (κ3) is 4.29. The van der Waals surface area contributed by atoms with Crippen molar-refractivity contribution in [2.24, 2.45) is 0 Å². The molecule has 2 aromatic carbocycles. The SMILES string of the molecule is CC(C)N1C(=O)c2ccc(Nc3cc(N[C@H](CO)c4ccccc4)c(-c4nnco4)cn3)cc2C1=O. The van der Waals surface area contributed by atoms with Gasteiger partial charge in [-0.05, 0) is 37.6 Å². The average Bonchev–Trinajstić information content (AvgIpc) is 3.50. The van der Waals surface area contributed by atoms with Crippen LogP contribution in [-0.4, -0.2) is 49.7 Å². The van der Waals surface area contributed by atoms with E-state index in [1.54, 1.807) is 44.3 Å². The molecule has 2 aromatic heterocycles. The molecule has 3 N–H and O–H groups in total. The number of pyridine rings is 1. The highest BCUT2D eigenvalue weighted by molar-refractivity contribution is 6.22. The number of aliphatic hydroxyl groups excluding tert-OH is 1. The normalized spacial score (nSPS) is 13.7. The van der Waals surface area contributed by atoms with Gasteiger partial charge in [0.25, 0.3) is 17.7 Å². The van der Waals surface area contributed by atoms with Crippen LogP contribution in [0.1, 0.15) is 46.2 Å². The number of rotatable bonds is 8. The topological polar surface area (TPSA) is 133 Å². The van der Waals surface area contributed by atoms with Crippen molar-refractivity contribution in [2.45, 2.75) is 25.9 Å². The molecule has 36 heavy (non-hydrogen) atoms. The molecule has 1 aliphatic rings. The largest absolute Gasteiger partial charge is 0.423 e. The Kier molecular flexibility index (Phi) is 6.17. The number of aromatic nitrogens is 3. The monoisotopic (exact) mass is 484 g/mol. The number of aliphatic hydroxyl groups is 1. The summed E-state index contributed by atoms with van der Waals surface area (Å²) >= 11 is 0. The van der Waals surface area contributed by atoms with Gasteiger partial charge >= 0.3 is 0 Å². The van der Waals surface area contributed by atoms with Crippen molar-refractivity contribution in [1.82, 2.24) is 20.1 Å². The summed E-state index contributed by atoms with van der Waals surface area (Å²) in [5.41, 5.74) is 3.41. The second kappa shape index (κ2) is 9.59. The van der Waals surface area contributed by atoms with Crippen molar-refractivity contribution in [1.29, 1.82) is 0 Å². The molecule has 10 heteroatoms. The Hall–Kier alpha value is -4.57. The van der Waals surface area contributed by atoms with Crippen LogP contribution < -0.4 is 10.6 Å². The Morgan fingerprint density at radius 2 is 1.78 bits per heavy atom. The first-order valence-electron chi connectivity index (χ1n) is 11.4. The van der Waals surface area contributed by atoms with Gasteiger partial charge in [-0.2, -0.15) is 0 Å². The van der Waals surface area contributed by atoms with Crippen LogP contribution in [0.3, 0.4) is 0 Å². The minimum Gasteiger partial charge on any atom is -0.423 e. The summed E-state index contributed by atoms with van der Waals surface area (Å²) in [6.45, 7) is 3.46. The minimum absolute atomic E-state index is 0.147. The molecule has 5 rings (SSSR count). The number of hydrogen-bond donors (Lipinski definition) is 3. The van der Waals surface area contributed by atoms with Gasteiger partial charge in [0, 0.05) is 24.0 Å². The number of carbonyl (C=O) groups is 2. The van der Waals surface area contributed by atoms with Gasteiger partial charge in [-0.1, -0.05) is 30.3 Å². The maximum absolute atomic E-state index is 12.8. The first-order chi connectivity index (χ1) is 17.5. The highest BCUT2D eigenvalue weighted by Crippen LogP contribution is 2.33. The molecule has 182 valence electrons. The van der Waals surface area contributed by atoms with Crippen LogP contribution in [0, 0.1) is 0 Å². The van der Waals surface area contributed by atoms with E-state index >= 15 is 0 Å². The van der Waals surface area contributed by atoms with E-state index in [4.69, 9.17) is 4.42 Å². The van der Waals surface area contributed by atoms with Crippen LogP contribution in [0.15, 0.2) is 71.6 Å². The number of fused-ring (bicyclic) bond motifs is 1. The Bertz CT molecular complexity index is 1410. The Labute approximate surface area is 207 Å². The van der Waals surface area contributed by atoms with Crippen molar-refractivity contribution in [2.75, 3.05) is 17.2 Å². The summed E-state index contributed by atoms with van der Waals surface area (Å²) in [4.78, 5) is 31.1. The number of nitrogens with zero attached hydrogens (tertiary/aromatic N) is 4. The van der Waals surface area contributed by atoms with E-state index in [-0.39, 0.29) is 30.4 Å². The molecule has 2 amide bonds. The van der Waals surface area contributed by atoms with E-state index in [0.717, 1.165) is 5.56 Å². The zero-order chi connectivity index (χ0) is 25.2. The molecular weight excluding hydrogens is 460 g/mol. The molecule has 1 aliphatic heterocycles. The summed E-state index contributed by atoms with van der Waals surface area (Å²) in [6, 6.07) is 15.7. The van der Waals surface area contributed by atoms with E-state index < -0.39 is 6.04 Å². The van der Waals surface area contributed by atoms with Crippen molar-refractivity contribution >= 4 is 29.0 Å². The highest BCUT2D eigenvalue weighted by atomic mass is 16.4. The zero-order valence-electron chi connectivity index (χ0n) is 19.7. The van der Waals surface area contributed by atoms with Crippen molar-refractivity contribution in [3.63, 3.8) is 0 Å². The van der Waals surface area contributed by atoms with Crippen molar-refractivity contribution < 1.29 is 19.1 Å². The van der Waals surface area contributed by atoms with Gasteiger partial charge in [0.2, 0.25) is 6.39 Å². The van der Waals surface area contributed by atoms with E-state index in [0.29, 0.717) is 33.9 Å². The van der Waals surface area contributed by atoms with E-state index in [1.165, 1.54) is 11.3 Å². The molecule has 0 aliphatic carbocycles. The van der Waals surface area contributed by atoms with Crippen molar-refractivity contribution in [3.05, 3.63) is 83.9 Å². The van der Waals surface area contributed by atoms with E-state index in [1.807, 2.05) is 30.3 Å². The molecule has 3 heterocycles. The number of amides is 2. The number of benzene rings is 2. The fraction of sp³-hybridized carbons (Fsp3) is 0.192. The zero-order valence-corrected chi connectivity index (χ0v) is 19.7. The number of anilines is 3. The van der Waals surface area contributed by atoms with Gasteiger partial charge in [0.1, 0.15) is 5.82 Å². The van der Waals surface area contributed by atoms with Gasteiger partial charge in [-0.25, -0.2) is 4.98 Å². The third-order valence-electron chi connectivity index (χ3n) is 5.92. The molecule has 4 aromatic rings. The van der Waals surface area contributed by atoms with Crippen LogP contribution in [0.25, 0.3) is 11.5 Å². The summed E-state index contributed by atoms with van der Waals surface area (Å²) < 4.78 is 5.38. The summed E-state index contributed by atoms with van der Waals surface area (Å²) in [7, 11) is 0. The maximum Gasteiger partial charge on any atom is 0.261 e. The molecule has 0 saturated heterocycles. The van der Waals surface area contributed by atoms with E-state index in [9.17, 15) is 14.7 Å². The summed E-state index contributed by atoms with van der Waals surface area (Å²) in [6.07, 6.45) is 2.81. The number of hydrogen-bond acceptors (Lipinski definition) is 9. The van der Waals surface area contributed by atoms with Gasteiger partial charge in [0.15, 0.2) is 0 Å². The lowest BCUT2D eigenvalue weighted by Crippen LogP contribution is -2.35. The summed E-state index contributed by atoms with van der Waals surface area (Å²) in [5.74, 6) is 0.144. The smallest absolute Gasteiger partial charge is 0.261 e. The quantitative estimate of drug-likeness (QED) is 0.317. The molecule has 0 bridgehead atoms. The molecule has 0 fully saturated rings. The molecule has 10 nitrogen and oxygen atoms in total.